The van der Waals surface area contributed by atoms with E-state index in [1.807, 2.05) is 6.92 Å². The smallest absolute Gasteiger partial charge is 0.200 e. The minimum atomic E-state index is -0.864. The van der Waals surface area contributed by atoms with E-state index in [1.54, 1.807) is 29.0 Å². The molecule has 162 valence electrons. The van der Waals surface area contributed by atoms with Crippen LogP contribution in [-0.4, -0.2) is 16.8 Å². The molecule has 0 spiro atoms. The van der Waals surface area contributed by atoms with Crippen molar-refractivity contribution in [2.45, 2.75) is 90.4 Å². The number of aromatic nitrogens is 2. The predicted molar refractivity (Wildman–Crippen MR) is 116 cm³/mol. The van der Waals surface area contributed by atoms with Crippen LogP contribution in [0.5, 0.6) is 5.75 Å². The lowest BCUT2D eigenvalue weighted by Gasteiger charge is -2.18. The van der Waals surface area contributed by atoms with Gasteiger partial charge in [-0.25, -0.2) is 4.39 Å². The third-order valence-electron chi connectivity index (χ3n) is 5.42. The maximum atomic E-state index is 14.7. The number of hydrogen-bond acceptors (Lipinski definition) is 4. The minimum Gasteiger partial charge on any atom is -0.490 e. The SMILES string of the molecule is CCCCCCCOc1ccc(C(C)CCC(CCC)c2nncs2)c(F)c1F. The van der Waals surface area contributed by atoms with E-state index >= 15 is 0 Å². The Kier molecular flexibility index (Phi) is 10.5. The molecule has 29 heavy (non-hydrogen) atoms. The Labute approximate surface area is 177 Å². The fourth-order valence-corrected chi connectivity index (χ4v) is 4.36. The third-order valence-corrected chi connectivity index (χ3v) is 6.28. The van der Waals surface area contributed by atoms with E-state index in [1.165, 1.54) is 12.8 Å². The lowest BCUT2D eigenvalue weighted by molar-refractivity contribution is 0.284. The van der Waals surface area contributed by atoms with Gasteiger partial charge in [-0.15, -0.1) is 21.5 Å². The van der Waals surface area contributed by atoms with Crippen LogP contribution in [0.4, 0.5) is 8.78 Å². The molecule has 1 heterocycles. The van der Waals surface area contributed by atoms with Gasteiger partial charge in [-0.2, -0.15) is 4.39 Å². The summed E-state index contributed by atoms with van der Waals surface area (Å²) in [4.78, 5) is 0. The summed E-state index contributed by atoms with van der Waals surface area (Å²) in [6.07, 6.45) is 9.22. The van der Waals surface area contributed by atoms with Crippen molar-refractivity contribution in [3.8, 4) is 5.75 Å². The zero-order chi connectivity index (χ0) is 21.1. The van der Waals surface area contributed by atoms with E-state index in [0.29, 0.717) is 18.1 Å². The van der Waals surface area contributed by atoms with Crippen molar-refractivity contribution in [1.29, 1.82) is 0 Å². The van der Waals surface area contributed by atoms with Crippen LogP contribution in [0.25, 0.3) is 0 Å². The molecule has 0 amide bonds. The number of unbranched alkanes of at least 4 members (excludes halogenated alkanes) is 4. The van der Waals surface area contributed by atoms with Gasteiger partial charge < -0.3 is 4.74 Å². The summed E-state index contributed by atoms with van der Waals surface area (Å²) >= 11 is 1.57. The number of benzene rings is 1. The maximum Gasteiger partial charge on any atom is 0.200 e. The summed E-state index contributed by atoms with van der Waals surface area (Å²) < 4.78 is 34.6. The standard InChI is InChI=1S/C23H34F2N2OS/c1-4-6-7-8-9-15-28-20-14-13-19(21(24)22(20)25)17(3)11-12-18(10-5-2)23-27-26-16-29-23/h13-14,16-18H,4-12,15H2,1-3H3. The van der Waals surface area contributed by atoms with Gasteiger partial charge in [-0.3, -0.25) is 0 Å². The Morgan fingerprint density at radius 2 is 1.76 bits per heavy atom. The fourth-order valence-electron chi connectivity index (χ4n) is 3.63. The molecule has 2 rings (SSSR count). The lowest BCUT2D eigenvalue weighted by atomic mass is 9.89. The summed E-state index contributed by atoms with van der Waals surface area (Å²) in [7, 11) is 0. The van der Waals surface area contributed by atoms with E-state index in [0.717, 1.165) is 50.0 Å². The molecule has 1 aromatic heterocycles. The predicted octanol–water partition coefficient (Wildman–Crippen LogP) is 7.63. The highest BCUT2D eigenvalue weighted by molar-refractivity contribution is 7.09. The van der Waals surface area contributed by atoms with Crippen molar-refractivity contribution in [3.63, 3.8) is 0 Å². The molecule has 6 heteroatoms. The van der Waals surface area contributed by atoms with Crippen LogP contribution in [-0.2, 0) is 0 Å². The van der Waals surface area contributed by atoms with E-state index in [9.17, 15) is 8.78 Å². The molecule has 2 unspecified atom stereocenters. The zero-order valence-electron chi connectivity index (χ0n) is 17.9. The van der Waals surface area contributed by atoms with Crippen LogP contribution >= 0.6 is 11.3 Å². The van der Waals surface area contributed by atoms with Gasteiger partial charge in [0.25, 0.3) is 0 Å². The molecule has 0 N–H and O–H groups in total. The molecule has 0 saturated heterocycles. The first-order chi connectivity index (χ1) is 14.1. The van der Waals surface area contributed by atoms with E-state index < -0.39 is 11.6 Å². The molecule has 0 aliphatic carbocycles. The van der Waals surface area contributed by atoms with Crippen molar-refractivity contribution in [1.82, 2.24) is 10.2 Å². The number of rotatable bonds is 14. The van der Waals surface area contributed by atoms with Crippen molar-refractivity contribution in [2.75, 3.05) is 6.61 Å². The second kappa shape index (κ2) is 12.9. The summed E-state index contributed by atoms with van der Waals surface area (Å²) in [6, 6.07) is 3.25. The fraction of sp³-hybridized carbons (Fsp3) is 0.652. The van der Waals surface area contributed by atoms with Gasteiger partial charge in [-0.1, -0.05) is 58.9 Å². The second-order valence-electron chi connectivity index (χ2n) is 7.78. The normalized spacial score (nSPS) is 13.4. The van der Waals surface area contributed by atoms with Crippen LogP contribution < -0.4 is 4.74 Å². The highest BCUT2D eigenvalue weighted by atomic mass is 32.1. The summed E-state index contributed by atoms with van der Waals surface area (Å²) in [6.45, 7) is 6.69. The maximum absolute atomic E-state index is 14.7. The van der Waals surface area contributed by atoms with Crippen molar-refractivity contribution >= 4 is 11.3 Å². The molecule has 0 aliphatic rings. The summed E-state index contributed by atoms with van der Waals surface area (Å²) in [5.41, 5.74) is 2.17. The molecule has 0 fully saturated rings. The second-order valence-corrected chi connectivity index (χ2v) is 8.65. The average Bonchev–Trinajstić information content (AvgIpc) is 3.25. The monoisotopic (exact) mass is 424 g/mol. The number of hydrogen-bond donors (Lipinski definition) is 0. The van der Waals surface area contributed by atoms with Gasteiger partial charge in [0.1, 0.15) is 10.5 Å². The summed E-state index contributed by atoms with van der Waals surface area (Å²) in [5, 5.41) is 9.17. The lowest BCUT2D eigenvalue weighted by Crippen LogP contribution is -2.06. The molecular formula is C23H34F2N2OS. The molecular weight excluding hydrogens is 390 g/mol. The van der Waals surface area contributed by atoms with Gasteiger partial charge in [0.15, 0.2) is 11.6 Å². The summed E-state index contributed by atoms with van der Waals surface area (Å²) in [5.74, 6) is -1.36. The average molecular weight is 425 g/mol. The van der Waals surface area contributed by atoms with Crippen molar-refractivity contribution in [2.24, 2.45) is 0 Å². The largest absolute Gasteiger partial charge is 0.490 e. The number of halogens is 2. The van der Waals surface area contributed by atoms with Crippen molar-refractivity contribution < 1.29 is 13.5 Å². The van der Waals surface area contributed by atoms with Gasteiger partial charge in [0.2, 0.25) is 5.82 Å². The molecule has 2 atom stereocenters. The first-order valence-electron chi connectivity index (χ1n) is 10.9. The van der Waals surface area contributed by atoms with E-state index in [4.69, 9.17) is 4.74 Å². The zero-order valence-corrected chi connectivity index (χ0v) is 18.7. The van der Waals surface area contributed by atoms with Gasteiger partial charge in [0.05, 0.1) is 6.61 Å². The Balaban J connectivity index is 1.91. The quantitative estimate of drug-likeness (QED) is 0.292. The van der Waals surface area contributed by atoms with Crippen LogP contribution in [0, 0.1) is 11.6 Å². The van der Waals surface area contributed by atoms with E-state index in [-0.39, 0.29) is 11.7 Å². The number of nitrogens with zero attached hydrogens (tertiary/aromatic N) is 2. The van der Waals surface area contributed by atoms with Crippen LogP contribution in [0.1, 0.15) is 101 Å². The van der Waals surface area contributed by atoms with E-state index in [2.05, 4.69) is 24.0 Å². The Morgan fingerprint density at radius 1 is 0.966 bits per heavy atom. The van der Waals surface area contributed by atoms with Crippen LogP contribution in [0.15, 0.2) is 17.6 Å². The van der Waals surface area contributed by atoms with Gasteiger partial charge in [-0.05, 0) is 43.2 Å². The Bertz CT molecular complexity index is 709. The molecule has 0 saturated carbocycles. The molecule has 1 aromatic carbocycles. The highest BCUT2D eigenvalue weighted by Gasteiger charge is 2.21. The van der Waals surface area contributed by atoms with Crippen LogP contribution in [0.2, 0.25) is 0 Å². The van der Waals surface area contributed by atoms with Crippen LogP contribution in [0.3, 0.4) is 0 Å². The highest BCUT2D eigenvalue weighted by Crippen LogP contribution is 2.34. The van der Waals surface area contributed by atoms with Gasteiger partial charge >= 0.3 is 0 Å². The molecule has 0 radical (unpaired) electrons. The first kappa shape index (κ1) is 23.7. The molecule has 2 aromatic rings. The third kappa shape index (κ3) is 7.32. The van der Waals surface area contributed by atoms with Crippen molar-refractivity contribution in [3.05, 3.63) is 39.8 Å². The molecule has 0 bridgehead atoms. The Morgan fingerprint density at radius 3 is 2.45 bits per heavy atom. The molecule has 3 nitrogen and oxygen atoms in total. The first-order valence-corrected chi connectivity index (χ1v) is 11.8. The molecule has 0 aliphatic heterocycles. The topological polar surface area (TPSA) is 35.0 Å². The van der Waals surface area contributed by atoms with Gasteiger partial charge in [0, 0.05) is 5.92 Å². The Hall–Kier alpha value is -1.56. The minimum absolute atomic E-state index is 0.0201. The number of ether oxygens (including phenoxy) is 1.